The fourth-order valence-electron chi connectivity index (χ4n) is 2.06. The smallest absolute Gasteiger partial charge is 0.335 e. The van der Waals surface area contributed by atoms with Crippen LogP contribution in [0.2, 0.25) is 0 Å². The van der Waals surface area contributed by atoms with E-state index in [1.807, 2.05) is 42.5 Å². The third kappa shape index (κ3) is 2.47. The molecular weight excluding hydrogens is 252 g/mol. The normalized spacial score (nSPS) is 10.4. The molecule has 0 aliphatic rings. The number of benzene rings is 3. The Hall–Kier alpha value is -2.81. The maximum absolute atomic E-state index is 10.9. The highest BCUT2D eigenvalue weighted by Crippen LogP contribution is 2.26. The van der Waals surface area contributed by atoms with E-state index in [4.69, 9.17) is 9.84 Å². The summed E-state index contributed by atoms with van der Waals surface area (Å²) in [6, 6.07) is 20.2. The van der Waals surface area contributed by atoms with E-state index >= 15 is 0 Å². The number of aromatic carboxylic acids is 1. The Labute approximate surface area is 116 Å². The van der Waals surface area contributed by atoms with Crippen LogP contribution in [0.3, 0.4) is 0 Å². The molecule has 98 valence electrons. The van der Waals surface area contributed by atoms with Gasteiger partial charge in [0.2, 0.25) is 0 Å². The van der Waals surface area contributed by atoms with Crippen molar-refractivity contribution in [2.75, 3.05) is 0 Å². The molecule has 3 rings (SSSR count). The molecule has 0 spiro atoms. The quantitative estimate of drug-likeness (QED) is 0.765. The molecule has 3 heteroatoms. The van der Waals surface area contributed by atoms with Crippen molar-refractivity contribution in [3.63, 3.8) is 0 Å². The average Bonchev–Trinajstić information content (AvgIpc) is 2.47. The number of fused-ring (bicyclic) bond motifs is 1. The highest BCUT2D eigenvalue weighted by atomic mass is 16.5. The highest BCUT2D eigenvalue weighted by molar-refractivity contribution is 5.88. The second kappa shape index (κ2) is 5.05. The molecule has 0 aliphatic heterocycles. The summed E-state index contributed by atoms with van der Waals surface area (Å²) >= 11 is 0. The fraction of sp³-hybridized carbons (Fsp3) is 0. The largest absolute Gasteiger partial charge is 0.478 e. The van der Waals surface area contributed by atoms with E-state index in [2.05, 4.69) is 0 Å². The van der Waals surface area contributed by atoms with E-state index in [-0.39, 0.29) is 5.56 Å². The molecule has 0 saturated heterocycles. The van der Waals surface area contributed by atoms with Gasteiger partial charge in [-0.1, -0.05) is 36.4 Å². The lowest BCUT2D eigenvalue weighted by Gasteiger charge is -2.07. The fourth-order valence-corrected chi connectivity index (χ4v) is 2.06. The first kappa shape index (κ1) is 12.2. The predicted octanol–water partition coefficient (Wildman–Crippen LogP) is 4.33. The van der Waals surface area contributed by atoms with Crippen molar-refractivity contribution in [1.82, 2.24) is 0 Å². The summed E-state index contributed by atoms with van der Waals surface area (Å²) in [5.41, 5.74) is 0.211. The van der Waals surface area contributed by atoms with Crippen LogP contribution >= 0.6 is 0 Å². The third-order valence-corrected chi connectivity index (χ3v) is 3.04. The molecule has 0 radical (unpaired) electrons. The van der Waals surface area contributed by atoms with Crippen LogP contribution in [0.25, 0.3) is 10.8 Å². The summed E-state index contributed by atoms with van der Waals surface area (Å²) in [6.07, 6.45) is 0. The maximum Gasteiger partial charge on any atom is 0.335 e. The van der Waals surface area contributed by atoms with Gasteiger partial charge in [-0.3, -0.25) is 0 Å². The summed E-state index contributed by atoms with van der Waals surface area (Å²) in [7, 11) is 0. The summed E-state index contributed by atoms with van der Waals surface area (Å²) in [4.78, 5) is 10.9. The number of hydrogen-bond acceptors (Lipinski definition) is 2. The van der Waals surface area contributed by atoms with E-state index in [9.17, 15) is 4.79 Å². The molecule has 20 heavy (non-hydrogen) atoms. The summed E-state index contributed by atoms with van der Waals surface area (Å²) < 4.78 is 5.71. The van der Waals surface area contributed by atoms with E-state index in [0.717, 1.165) is 10.8 Å². The minimum Gasteiger partial charge on any atom is -0.478 e. The third-order valence-electron chi connectivity index (χ3n) is 3.04. The summed E-state index contributed by atoms with van der Waals surface area (Å²) in [6.45, 7) is 0. The zero-order valence-electron chi connectivity index (χ0n) is 10.6. The van der Waals surface area contributed by atoms with Gasteiger partial charge in [-0.15, -0.1) is 0 Å². The van der Waals surface area contributed by atoms with Crippen molar-refractivity contribution in [2.24, 2.45) is 0 Å². The Bertz CT molecular complexity index is 778. The van der Waals surface area contributed by atoms with E-state index in [1.54, 1.807) is 12.1 Å². The van der Waals surface area contributed by atoms with Crippen LogP contribution in [0.5, 0.6) is 11.5 Å². The molecule has 3 aromatic rings. The van der Waals surface area contributed by atoms with Gasteiger partial charge in [0.05, 0.1) is 5.56 Å². The van der Waals surface area contributed by atoms with Crippen LogP contribution < -0.4 is 4.74 Å². The first-order valence-corrected chi connectivity index (χ1v) is 6.22. The van der Waals surface area contributed by atoms with Crippen LogP contribution in [-0.2, 0) is 0 Å². The highest BCUT2D eigenvalue weighted by Gasteiger charge is 2.05. The van der Waals surface area contributed by atoms with Crippen molar-refractivity contribution >= 4 is 16.7 Å². The molecule has 0 unspecified atom stereocenters. The molecule has 0 amide bonds. The Morgan fingerprint density at radius 2 is 1.55 bits per heavy atom. The maximum atomic E-state index is 10.9. The van der Waals surface area contributed by atoms with E-state index in [0.29, 0.717) is 11.5 Å². The molecule has 0 bridgehead atoms. The molecule has 1 N–H and O–H groups in total. The monoisotopic (exact) mass is 264 g/mol. The van der Waals surface area contributed by atoms with Gasteiger partial charge in [0.1, 0.15) is 11.5 Å². The minimum absolute atomic E-state index is 0.211. The van der Waals surface area contributed by atoms with Crippen LogP contribution in [0, 0.1) is 0 Å². The summed E-state index contributed by atoms with van der Waals surface area (Å²) in [5.74, 6) is 0.236. The Balaban J connectivity index is 1.92. The van der Waals surface area contributed by atoms with Gasteiger partial charge >= 0.3 is 5.97 Å². The Morgan fingerprint density at radius 3 is 2.35 bits per heavy atom. The molecule has 0 aromatic heterocycles. The number of carboxylic acids is 1. The Kier molecular flexibility index (Phi) is 3.09. The molecule has 0 saturated carbocycles. The van der Waals surface area contributed by atoms with Crippen LogP contribution in [0.4, 0.5) is 0 Å². The lowest BCUT2D eigenvalue weighted by Crippen LogP contribution is -1.96. The number of ether oxygens (including phenoxy) is 1. The number of carboxylic acid groups (broad SMARTS) is 1. The predicted molar refractivity (Wildman–Crippen MR) is 77.4 cm³/mol. The van der Waals surface area contributed by atoms with Crippen molar-refractivity contribution in [2.45, 2.75) is 0 Å². The van der Waals surface area contributed by atoms with Gasteiger partial charge in [0, 0.05) is 0 Å². The SMILES string of the molecule is O=C(O)c1cccc(Oc2ccc3ccccc3c2)c1. The van der Waals surface area contributed by atoms with Gasteiger partial charge in [-0.2, -0.15) is 0 Å². The molecular formula is C17H12O3. The molecule has 0 heterocycles. The van der Waals surface area contributed by atoms with Gasteiger partial charge in [-0.05, 0) is 41.1 Å². The van der Waals surface area contributed by atoms with Gasteiger partial charge in [0.25, 0.3) is 0 Å². The molecule has 0 fully saturated rings. The first-order chi connectivity index (χ1) is 9.72. The first-order valence-electron chi connectivity index (χ1n) is 6.22. The van der Waals surface area contributed by atoms with Gasteiger partial charge in [0.15, 0.2) is 0 Å². The van der Waals surface area contributed by atoms with Crippen molar-refractivity contribution in [3.8, 4) is 11.5 Å². The zero-order chi connectivity index (χ0) is 13.9. The minimum atomic E-state index is -0.964. The van der Waals surface area contributed by atoms with Gasteiger partial charge < -0.3 is 9.84 Å². The van der Waals surface area contributed by atoms with E-state index in [1.165, 1.54) is 12.1 Å². The van der Waals surface area contributed by atoms with Crippen LogP contribution in [0.15, 0.2) is 66.7 Å². The van der Waals surface area contributed by atoms with Crippen LogP contribution in [-0.4, -0.2) is 11.1 Å². The zero-order valence-corrected chi connectivity index (χ0v) is 10.6. The average molecular weight is 264 g/mol. The second-order valence-electron chi connectivity index (χ2n) is 4.44. The number of rotatable bonds is 3. The van der Waals surface area contributed by atoms with Crippen molar-refractivity contribution in [1.29, 1.82) is 0 Å². The standard InChI is InChI=1S/C17H12O3/c18-17(19)14-6-3-7-15(11-14)20-16-9-8-12-4-1-2-5-13(12)10-16/h1-11H,(H,18,19). The number of hydrogen-bond donors (Lipinski definition) is 1. The van der Waals surface area contributed by atoms with Gasteiger partial charge in [-0.25, -0.2) is 4.79 Å². The lowest BCUT2D eigenvalue weighted by molar-refractivity contribution is 0.0696. The topological polar surface area (TPSA) is 46.5 Å². The number of carbonyl (C=O) groups is 1. The second-order valence-corrected chi connectivity index (χ2v) is 4.44. The molecule has 0 atom stereocenters. The van der Waals surface area contributed by atoms with E-state index < -0.39 is 5.97 Å². The summed E-state index contributed by atoms with van der Waals surface area (Å²) in [5, 5.41) is 11.2. The lowest BCUT2D eigenvalue weighted by atomic mass is 10.1. The molecule has 3 aromatic carbocycles. The Morgan fingerprint density at radius 1 is 0.800 bits per heavy atom. The molecule has 0 aliphatic carbocycles. The molecule has 3 nitrogen and oxygen atoms in total. The van der Waals surface area contributed by atoms with Crippen molar-refractivity contribution in [3.05, 3.63) is 72.3 Å². The van der Waals surface area contributed by atoms with Crippen LogP contribution in [0.1, 0.15) is 10.4 Å². The van der Waals surface area contributed by atoms with Crippen molar-refractivity contribution < 1.29 is 14.6 Å².